The quantitative estimate of drug-likeness (QED) is 0.457. The summed E-state index contributed by atoms with van der Waals surface area (Å²) in [7, 11) is 1.74. The first-order chi connectivity index (χ1) is 14.6. The molecule has 0 bridgehead atoms. The molecule has 2 N–H and O–H groups in total. The van der Waals surface area contributed by atoms with Crippen LogP contribution in [0, 0.1) is 0 Å². The van der Waals surface area contributed by atoms with Crippen molar-refractivity contribution in [2.24, 2.45) is 0 Å². The second-order valence-electron chi connectivity index (χ2n) is 8.29. The summed E-state index contributed by atoms with van der Waals surface area (Å²) >= 11 is 4.80. The first kappa shape index (κ1) is 25.4. The van der Waals surface area contributed by atoms with Crippen molar-refractivity contribution in [1.29, 1.82) is 0 Å². The van der Waals surface area contributed by atoms with Crippen LogP contribution in [0.4, 0.5) is 5.13 Å². The number of anilines is 1. The van der Waals surface area contributed by atoms with Gasteiger partial charge in [-0.3, -0.25) is 14.6 Å². The lowest BCUT2D eigenvalue weighted by molar-refractivity contribution is -0.125. The molecule has 2 unspecified atom stereocenters. The third-order valence-electron chi connectivity index (χ3n) is 5.10. The Bertz CT molecular complexity index is 887. The van der Waals surface area contributed by atoms with E-state index in [4.69, 9.17) is 4.74 Å². The molecule has 0 spiro atoms. The zero-order valence-electron chi connectivity index (χ0n) is 18.7. The maximum absolute atomic E-state index is 12.5. The molecular formula is C22H31BrN4O3S. The van der Waals surface area contributed by atoms with Crippen LogP contribution in [-0.4, -0.2) is 40.5 Å². The van der Waals surface area contributed by atoms with Crippen LogP contribution in [0.15, 0.2) is 29.1 Å². The molecule has 2 aromatic rings. The van der Waals surface area contributed by atoms with Gasteiger partial charge in [0.2, 0.25) is 11.8 Å². The number of methoxy groups -OCH3 is 1. The minimum Gasteiger partial charge on any atom is -0.379 e. The van der Waals surface area contributed by atoms with E-state index in [-0.39, 0.29) is 23.8 Å². The molecular weight excluding hydrogens is 480 g/mol. The van der Waals surface area contributed by atoms with Crippen LogP contribution in [0.1, 0.15) is 63.3 Å². The van der Waals surface area contributed by atoms with Gasteiger partial charge < -0.3 is 15.4 Å². The molecule has 7 nitrogen and oxygen atoms in total. The highest BCUT2D eigenvalue weighted by atomic mass is 79.9. The Morgan fingerprint density at radius 2 is 2.00 bits per heavy atom. The molecule has 170 valence electrons. The first-order valence-electron chi connectivity index (χ1n) is 10.3. The maximum Gasteiger partial charge on any atom is 0.248 e. The number of carbonyl (C=O) groups is 2. The Labute approximate surface area is 196 Å². The van der Waals surface area contributed by atoms with Gasteiger partial charge in [-0.1, -0.05) is 6.92 Å². The third kappa shape index (κ3) is 8.66. The van der Waals surface area contributed by atoms with Crippen molar-refractivity contribution < 1.29 is 14.3 Å². The molecule has 0 saturated heterocycles. The number of nitrogens with one attached hydrogen (secondary N) is 2. The van der Waals surface area contributed by atoms with Gasteiger partial charge >= 0.3 is 0 Å². The molecule has 2 rings (SSSR count). The molecule has 0 aromatic carbocycles. The largest absolute Gasteiger partial charge is 0.379 e. The molecule has 31 heavy (non-hydrogen) atoms. The molecule has 2 heterocycles. The van der Waals surface area contributed by atoms with Gasteiger partial charge in [0.15, 0.2) is 5.13 Å². The van der Waals surface area contributed by atoms with E-state index in [9.17, 15) is 9.59 Å². The van der Waals surface area contributed by atoms with Crippen molar-refractivity contribution >= 4 is 44.2 Å². The summed E-state index contributed by atoms with van der Waals surface area (Å²) in [4.78, 5) is 34.2. The minimum absolute atomic E-state index is 0.110. The van der Waals surface area contributed by atoms with Crippen LogP contribution in [-0.2, 0) is 20.7 Å². The zero-order valence-corrected chi connectivity index (χ0v) is 21.1. The van der Waals surface area contributed by atoms with Gasteiger partial charge in [0.25, 0.3) is 0 Å². The third-order valence-corrected chi connectivity index (χ3v) is 6.68. The van der Waals surface area contributed by atoms with E-state index in [1.165, 1.54) is 11.3 Å². The summed E-state index contributed by atoms with van der Waals surface area (Å²) in [6.07, 6.45) is 8.32. The summed E-state index contributed by atoms with van der Waals surface area (Å²) in [5.74, 6) is -0.183. The van der Waals surface area contributed by atoms with Crippen LogP contribution in [0.2, 0.25) is 0 Å². The Balaban J connectivity index is 1.81. The van der Waals surface area contributed by atoms with Crippen LogP contribution < -0.4 is 10.6 Å². The van der Waals surface area contributed by atoms with E-state index in [2.05, 4.69) is 57.3 Å². The first-order valence-corrected chi connectivity index (χ1v) is 11.9. The van der Waals surface area contributed by atoms with E-state index in [0.29, 0.717) is 11.0 Å². The standard InChI is InChI=1S/C22H31BrN4O3S/c1-14(7-6-8-22(3,4)30-5)18-13-25-21(31-18)27-20(29)15(2)26-19(28)10-16-9-17(23)12-24-11-16/h9,11-15H,6-8,10H2,1-5H3,(H,26,28)(H,25,27,29). The van der Waals surface area contributed by atoms with Crippen molar-refractivity contribution in [3.63, 3.8) is 0 Å². The number of amides is 2. The topological polar surface area (TPSA) is 93.2 Å². The number of aromatic nitrogens is 2. The van der Waals surface area contributed by atoms with Crippen LogP contribution in [0.3, 0.4) is 0 Å². The SMILES string of the molecule is COC(C)(C)CCCC(C)c1cnc(NC(=O)C(C)NC(=O)Cc2cncc(Br)c2)s1. The number of halogens is 1. The Morgan fingerprint density at radius 3 is 2.68 bits per heavy atom. The lowest BCUT2D eigenvalue weighted by Crippen LogP contribution is -2.42. The Morgan fingerprint density at radius 1 is 1.26 bits per heavy atom. The second-order valence-corrected chi connectivity index (χ2v) is 10.3. The fraction of sp³-hybridized carbons (Fsp3) is 0.545. The zero-order chi connectivity index (χ0) is 23.0. The molecule has 2 aromatic heterocycles. The van der Waals surface area contributed by atoms with Gasteiger partial charge in [-0.2, -0.15) is 0 Å². The number of rotatable bonds is 11. The van der Waals surface area contributed by atoms with E-state index < -0.39 is 6.04 Å². The van der Waals surface area contributed by atoms with E-state index in [0.717, 1.165) is 34.2 Å². The molecule has 0 radical (unpaired) electrons. The minimum atomic E-state index is -0.673. The predicted molar refractivity (Wildman–Crippen MR) is 127 cm³/mol. The van der Waals surface area contributed by atoms with Gasteiger partial charge in [0.05, 0.1) is 12.0 Å². The molecule has 0 saturated carbocycles. The molecule has 0 aliphatic carbocycles. The van der Waals surface area contributed by atoms with Crippen molar-refractivity contribution in [1.82, 2.24) is 15.3 Å². The molecule has 9 heteroatoms. The summed E-state index contributed by atoms with van der Waals surface area (Å²) in [6, 6.07) is 1.15. The van der Waals surface area contributed by atoms with Gasteiger partial charge in [-0.15, -0.1) is 11.3 Å². The lowest BCUT2D eigenvalue weighted by Gasteiger charge is -2.23. The van der Waals surface area contributed by atoms with E-state index in [1.807, 2.05) is 12.3 Å². The van der Waals surface area contributed by atoms with E-state index in [1.54, 1.807) is 26.4 Å². The van der Waals surface area contributed by atoms with E-state index >= 15 is 0 Å². The maximum atomic E-state index is 12.5. The fourth-order valence-electron chi connectivity index (χ4n) is 2.96. The average Bonchev–Trinajstić information content (AvgIpc) is 3.16. The van der Waals surface area contributed by atoms with Gasteiger partial charge in [-0.25, -0.2) is 4.98 Å². The summed E-state index contributed by atoms with van der Waals surface area (Å²) in [5, 5.41) is 6.06. The molecule has 0 aliphatic heterocycles. The molecule has 0 aliphatic rings. The monoisotopic (exact) mass is 510 g/mol. The van der Waals surface area contributed by atoms with Gasteiger partial charge in [0.1, 0.15) is 6.04 Å². The molecule has 0 fully saturated rings. The average molecular weight is 511 g/mol. The van der Waals surface area contributed by atoms with Gasteiger partial charge in [-0.05, 0) is 73.5 Å². The number of ether oxygens (including phenoxy) is 1. The van der Waals surface area contributed by atoms with Crippen molar-refractivity contribution in [2.75, 3.05) is 12.4 Å². The highest BCUT2D eigenvalue weighted by Gasteiger charge is 2.20. The highest BCUT2D eigenvalue weighted by Crippen LogP contribution is 2.30. The number of nitrogens with zero attached hydrogens (tertiary/aromatic N) is 2. The van der Waals surface area contributed by atoms with Crippen molar-refractivity contribution in [2.45, 2.75) is 70.9 Å². The second kappa shape index (κ2) is 11.7. The number of hydrogen-bond acceptors (Lipinski definition) is 6. The number of carbonyl (C=O) groups excluding carboxylic acids is 2. The van der Waals surface area contributed by atoms with Crippen molar-refractivity contribution in [3.8, 4) is 0 Å². The number of hydrogen-bond donors (Lipinski definition) is 2. The summed E-state index contributed by atoms with van der Waals surface area (Å²) in [6.45, 7) is 8.00. The molecule has 2 atom stereocenters. The fourth-order valence-corrected chi connectivity index (χ4v) is 4.28. The van der Waals surface area contributed by atoms with Crippen LogP contribution in [0.25, 0.3) is 0 Å². The summed E-state index contributed by atoms with van der Waals surface area (Å²) in [5.41, 5.74) is 0.660. The van der Waals surface area contributed by atoms with Gasteiger partial charge in [0, 0.05) is 35.1 Å². The smallest absolute Gasteiger partial charge is 0.248 e. The highest BCUT2D eigenvalue weighted by molar-refractivity contribution is 9.10. The molecule has 2 amide bonds. The Hall–Kier alpha value is -1.84. The van der Waals surface area contributed by atoms with Crippen LogP contribution in [0.5, 0.6) is 0 Å². The Kier molecular flexibility index (Phi) is 9.58. The number of thiazole rings is 1. The number of pyridine rings is 1. The van der Waals surface area contributed by atoms with Crippen LogP contribution >= 0.6 is 27.3 Å². The van der Waals surface area contributed by atoms with Crippen molar-refractivity contribution in [3.05, 3.63) is 39.6 Å². The lowest BCUT2D eigenvalue weighted by atomic mass is 9.96. The normalized spacial score (nSPS) is 13.5. The summed E-state index contributed by atoms with van der Waals surface area (Å²) < 4.78 is 6.27. The predicted octanol–water partition coefficient (Wildman–Crippen LogP) is 4.69.